The van der Waals surface area contributed by atoms with Crippen LogP contribution in [-0.4, -0.2) is 52.4 Å². The average molecular weight is 326 g/mol. The van der Waals surface area contributed by atoms with Gasteiger partial charge in [0.1, 0.15) is 0 Å². The van der Waals surface area contributed by atoms with E-state index in [9.17, 15) is 4.79 Å². The fourth-order valence-corrected chi connectivity index (χ4v) is 2.66. The molecule has 1 aromatic heterocycles. The summed E-state index contributed by atoms with van der Waals surface area (Å²) in [7, 11) is 0. The van der Waals surface area contributed by atoms with E-state index in [0.29, 0.717) is 5.56 Å². The largest absolute Gasteiger partial charge is 0.336 e. The molecule has 0 aromatic carbocycles. The quantitative estimate of drug-likeness (QED) is 0.795. The van der Waals surface area contributed by atoms with Crippen LogP contribution in [0.1, 0.15) is 31.1 Å². The van der Waals surface area contributed by atoms with Gasteiger partial charge >= 0.3 is 0 Å². The van der Waals surface area contributed by atoms with Gasteiger partial charge in [0.05, 0.1) is 5.56 Å². The molecular weight excluding hydrogens is 306 g/mol. The van der Waals surface area contributed by atoms with E-state index in [1.54, 1.807) is 12.4 Å². The van der Waals surface area contributed by atoms with Crippen molar-refractivity contribution >= 4 is 21.8 Å². The summed E-state index contributed by atoms with van der Waals surface area (Å²) in [5.74, 6) is 0.0716. The second kappa shape index (κ2) is 5.59. The van der Waals surface area contributed by atoms with Crippen molar-refractivity contribution < 1.29 is 4.79 Å². The third kappa shape index (κ3) is 3.54. The fourth-order valence-electron chi connectivity index (χ4n) is 2.29. The van der Waals surface area contributed by atoms with Gasteiger partial charge in [-0.05, 0) is 42.8 Å². The van der Waals surface area contributed by atoms with Gasteiger partial charge in [-0.3, -0.25) is 14.7 Å². The lowest BCUT2D eigenvalue weighted by atomic mass is 10.0. The highest BCUT2D eigenvalue weighted by atomic mass is 79.9. The van der Waals surface area contributed by atoms with Crippen LogP contribution in [0.2, 0.25) is 0 Å². The monoisotopic (exact) mass is 325 g/mol. The molecule has 2 rings (SSSR count). The molecule has 0 spiro atoms. The van der Waals surface area contributed by atoms with Crippen molar-refractivity contribution in [1.29, 1.82) is 0 Å². The first-order valence-electron chi connectivity index (χ1n) is 6.53. The van der Waals surface area contributed by atoms with Gasteiger partial charge in [0.15, 0.2) is 0 Å². The molecule has 5 heteroatoms. The minimum atomic E-state index is 0.0716. The van der Waals surface area contributed by atoms with E-state index in [4.69, 9.17) is 0 Å². The molecule has 0 aliphatic carbocycles. The molecule has 4 nitrogen and oxygen atoms in total. The maximum absolute atomic E-state index is 12.4. The summed E-state index contributed by atoms with van der Waals surface area (Å²) in [4.78, 5) is 20.7. The van der Waals surface area contributed by atoms with Gasteiger partial charge in [0.25, 0.3) is 5.91 Å². The van der Waals surface area contributed by atoms with E-state index in [1.165, 1.54) is 0 Å². The summed E-state index contributed by atoms with van der Waals surface area (Å²) < 4.78 is 0.840. The van der Waals surface area contributed by atoms with Gasteiger partial charge < -0.3 is 4.90 Å². The van der Waals surface area contributed by atoms with Gasteiger partial charge in [-0.2, -0.15) is 0 Å². The van der Waals surface area contributed by atoms with Crippen LogP contribution in [0.3, 0.4) is 0 Å². The maximum Gasteiger partial charge on any atom is 0.255 e. The Hall–Kier alpha value is -0.940. The van der Waals surface area contributed by atoms with Crippen LogP contribution >= 0.6 is 15.9 Å². The van der Waals surface area contributed by atoms with Crippen LogP contribution in [-0.2, 0) is 0 Å². The van der Waals surface area contributed by atoms with E-state index in [1.807, 2.05) is 11.0 Å². The topological polar surface area (TPSA) is 36.4 Å². The number of nitrogens with zero attached hydrogens (tertiary/aromatic N) is 3. The third-order valence-corrected chi connectivity index (χ3v) is 3.90. The van der Waals surface area contributed by atoms with Gasteiger partial charge in [0.2, 0.25) is 0 Å². The van der Waals surface area contributed by atoms with Crippen LogP contribution in [0.15, 0.2) is 22.9 Å². The Kier molecular flexibility index (Phi) is 4.26. The van der Waals surface area contributed by atoms with Crippen molar-refractivity contribution in [3.8, 4) is 0 Å². The number of rotatable bonds is 1. The first kappa shape index (κ1) is 14.5. The summed E-state index contributed by atoms with van der Waals surface area (Å²) in [5, 5.41) is 0. The summed E-state index contributed by atoms with van der Waals surface area (Å²) in [6, 6.07) is 1.82. The zero-order chi connectivity index (χ0) is 14.0. The van der Waals surface area contributed by atoms with Crippen LogP contribution < -0.4 is 0 Å². The van der Waals surface area contributed by atoms with Crippen LogP contribution in [0, 0.1) is 0 Å². The molecule has 1 aromatic rings. The highest BCUT2D eigenvalue weighted by Crippen LogP contribution is 2.18. The van der Waals surface area contributed by atoms with Crippen molar-refractivity contribution in [2.75, 3.05) is 26.2 Å². The van der Waals surface area contributed by atoms with E-state index in [2.05, 4.69) is 46.6 Å². The molecule has 0 unspecified atom stereocenters. The number of amides is 1. The summed E-state index contributed by atoms with van der Waals surface area (Å²) in [6.45, 7) is 10.0. The van der Waals surface area contributed by atoms with Crippen molar-refractivity contribution in [2.24, 2.45) is 0 Å². The molecule has 104 valence electrons. The SMILES string of the molecule is CC(C)(C)N1CCN(C(=O)c2cncc(Br)c2)CC1. The van der Waals surface area contributed by atoms with Gasteiger partial charge in [-0.15, -0.1) is 0 Å². The Morgan fingerprint density at radius 2 is 1.84 bits per heavy atom. The van der Waals surface area contributed by atoms with Crippen molar-refractivity contribution in [2.45, 2.75) is 26.3 Å². The normalized spacial score (nSPS) is 17.6. The number of carbonyl (C=O) groups excluding carboxylic acids is 1. The summed E-state index contributed by atoms with van der Waals surface area (Å²) in [5.41, 5.74) is 0.825. The summed E-state index contributed by atoms with van der Waals surface area (Å²) >= 11 is 3.35. The molecule has 0 N–H and O–H groups in total. The number of aromatic nitrogens is 1. The molecule has 2 heterocycles. The molecule has 0 radical (unpaired) electrons. The molecule has 1 saturated heterocycles. The lowest BCUT2D eigenvalue weighted by Gasteiger charge is -2.42. The molecule has 1 fully saturated rings. The zero-order valence-corrected chi connectivity index (χ0v) is 13.3. The Bertz CT molecular complexity index is 462. The molecular formula is C14H20BrN3O. The third-order valence-electron chi connectivity index (χ3n) is 3.47. The van der Waals surface area contributed by atoms with Crippen LogP contribution in [0.5, 0.6) is 0 Å². The molecule has 1 aliphatic heterocycles. The summed E-state index contributed by atoms with van der Waals surface area (Å²) in [6.07, 6.45) is 3.32. The van der Waals surface area contributed by atoms with E-state index < -0.39 is 0 Å². The first-order chi connectivity index (χ1) is 8.88. The lowest BCUT2D eigenvalue weighted by Crippen LogP contribution is -2.54. The maximum atomic E-state index is 12.4. The standard InChI is InChI=1S/C14H20BrN3O/c1-14(2,3)18-6-4-17(5-7-18)13(19)11-8-12(15)10-16-9-11/h8-10H,4-7H2,1-3H3. The predicted octanol–water partition coefficient (Wildman–Crippen LogP) is 2.40. The Morgan fingerprint density at radius 1 is 1.21 bits per heavy atom. The van der Waals surface area contributed by atoms with Crippen molar-refractivity contribution in [3.05, 3.63) is 28.5 Å². The van der Waals surface area contributed by atoms with Crippen molar-refractivity contribution in [1.82, 2.24) is 14.8 Å². The number of carbonyl (C=O) groups is 1. The molecule has 0 atom stereocenters. The highest BCUT2D eigenvalue weighted by molar-refractivity contribution is 9.10. The number of hydrogen-bond donors (Lipinski definition) is 0. The second-order valence-corrected chi connectivity index (χ2v) is 6.76. The Labute approximate surface area is 122 Å². The lowest BCUT2D eigenvalue weighted by molar-refractivity contribution is 0.0451. The van der Waals surface area contributed by atoms with Gasteiger partial charge in [-0.25, -0.2) is 0 Å². The average Bonchev–Trinajstić information content (AvgIpc) is 2.37. The number of hydrogen-bond acceptors (Lipinski definition) is 3. The number of piperazine rings is 1. The minimum absolute atomic E-state index is 0.0716. The van der Waals surface area contributed by atoms with Crippen LogP contribution in [0.25, 0.3) is 0 Å². The fraction of sp³-hybridized carbons (Fsp3) is 0.571. The Balaban J connectivity index is 2.00. The zero-order valence-electron chi connectivity index (χ0n) is 11.7. The highest BCUT2D eigenvalue weighted by Gasteiger charge is 2.28. The van der Waals surface area contributed by atoms with Gasteiger partial charge in [0, 0.05) is 48.6 Å². The first-order valence-corrected chi connectivity index (χ1v) is 7.32. The molecule has 0 saturated carbocycles. The molecule has 19 heavy (non-hydrogen) atoms. The molecule has 0 bridgehead atoms. The smallest absolute Gasteiger partial charge is 0.255 e. The van der Waals surface area contributed by atoms with E-state index in [0.717, 1.165) is 30.7 Å². The molecule has 1 aliphatic rings. The minimum Gasteiger partial charge on any atom is -0.336 e. The number of halogens is 1. The van der Waals surface area contributed by atoms with E-state index in [-0.39, 0.29) is 11.4 Å². The Morgan fingerprint density at radius 3 is 2.37 bits per heavy atom. The van der Waals surface area contributed by atoms with Crippen molar-refractivity contribution in [3.63, 3.8) is 0 Å². The predicted molar refractivity (Wildman–Crippen MR) is 79.2 cm³/mol. The van der Waals surface area contributed by atoms with Crippen LogP contribution in [0.4, 0.5) is 0 Å². The number of pyridine rings is 1. The second-order valence-electron chi connectivity index (χ2n) is 5.84. The van der Waals surface area contributed by atoms with Gasteiger partial charge in [-0.1, -0.05) is 0 Å². The van der Waals surface area contributed by atoms with E-state index >= 15 is 0 Å². The molecule has 1 amide bonds.